The number of carbonyl (C=O) groups is 1. The molecule has 0 aromatic carbocycles. The van der Waals surface area contributed by atoms with Gasteiger partial charge in [0.15, 0.2) is 5.84 Å². The Bertz CT molecular complexity index is 337. The van der Waals surface area contributed by atoms with Gasteiger partial charge in [-0.15, -0.1) is 0 Å². The molecule has 9 heteroatoms. The molecular weight excluding hydrogens is 253 g/mol. The Kier molecular flexibility index (Phi) is 4.25. The standard InChI is InChI=1S/C9H15F3N4O2/c10-9(11,12)5-14-7(17)15-8(6(13)16-18)3-1-2-4-8/h18H,1-5H2,(H2,13,16)(H2,14,15,17). The molecule has 6 nitrogen and oxygen atoms in total. The number of halogens is 3. The molecule has 18 heavy (non-hydrogen) atoms. The van der Waals surface area contributed by atoms with Crippen LogP contribution < -0.4 is 16.4 Å². The van der Waals surface area contributed by atoms with Gasteiger partial charge in [0.1, 0.15) is 12.1 Å². The van der Waals surface area contributed by atoms with E-state index in [4.69, 9.17) is 10.9 Å². The molecule has 0 saturated heterocycles. The normalized spacial score (nSPS) is 19.6. The van der Waals surface area contributed by atoms with Crippen molar-refractivity contribution in [1.29, 1.82) is 0 Å². The van der Waals surface area contributed by atoms with Crippen molar-refractivity contribution in [2.75, 3.05) is 6.54 Å². The van der Waals surface area contributed by atoms with Gasteiger partial charge in [0.05, 0.1) is 0 Å². The molecule has 1 saturated carbocycles. The molecular formula is C9H15F3N4O2. The zero-order valence-electron chi connectivity index (χ0n) is 9.55. The van der Waals surface area contributed by atoms with E-state index in [1.807, 2.05) is 0 Å². The Morgan fingerprint density at radius 3 is 2.39 bits per heavy atom. The number of alkyl halides is 3. The SMILES string of the molecule is NC(=NO)C1(NC(=O)NCC(F)(F)F)CCCC1. The third-order valence-electron chi connectivity index (χ3n) is 2.86. The molecule has 1 aliphatic carbocycles. The largest absolute Gasteiger partial charge is 0.409 e. The smallest absolute Gasteiger partial charge is 0.405 e. The number of nitrogens with zero attached hydrogens (tertiary/aromatic N) is 1. The molecule has 0 heterocycles. The molecule has 1 fully saturated rings. The molecule has 0 aromatic heterocycles. The summed E-state index contributed by atoms with van der Waals surface area (Å²) in [7, 11) is 0. The first kappa shape index (κ1) is 14.4. The number of rotatable bonds is 3. The van der Waals surface area contributed by atoms with Gasteiger partial charge in [-0.25, -0.2) is 4.79 Å². The van der Waals surface area contributed by atoms with Crippen molar-refractivity contribution >= 4 is 11.9 Å². The van der Waals surface area contributed by atoms with Crippen LogP contribution in [0.15, 0.2) is 5.16 Å². The van der Waals surface area contributed by atoms with E-state index < -0.39 is 24.3 Å². The van der Waals surface area contributed by atoms with Gasteiger partial charge in [-0.05, 0) is 12.8 Å². The van der Waals surface area contributed by atoms with Crippen LogP contribution in [0.4, 0.5) is 18.0 Å². The molecule has 2 amide bonds. The zero-order chi connectivity index (χ0) is 13.8. The van der Waals surface area contributed by atoms with Crippen molar-refractivity contribution in [3.63, 3.8) is 0 Å². The fourth-order valence-corrected chi connectivity index (χ4v) is 1.96. The van der Waals surface area contributed by atoms with Gasteiger partial charge in [0.2, 0.25) is 0 Å². The number of amidine groups is 1. The number of carbonyl (C=O) groups excluding carboxylic acids is 1. The first-order valence-corrected chi connectivity index (χ1v) is 5.40. The van der Waals surface area contributed by atoms with E-state index in [2.05, 4.69) is 10.5 Å². The van der Waals surface area contributed by atoms with Crippen LogP contribution in [0.5, 0.6) is 0 Å². The number of urea groups is 1. The summed E-state index contributed by atoms with van der Waals surface area (Å²) in [6, 6.07) is -0.985. The number of nitrogens with two attached hydrogens (primary N) is 1. The van der Waals surface area contributed by atoms with Gasteiger partial charge in [-0.3, -0.25) is 0 Å². The number of amides is 2. The molecule has 0 bridgehead atoms. The van der Waals surface area contributed by atoms with E-state index in [0.717, 1.165) is 12.8 Å². The van der Waals surface area contributed by atoms with Crippen LogP contribution in [0.2, 0.25) is 0 Å². The molecule has 0 unspecified atom stereocenters. The van der Waals surface area contributed by atoms with Gasteiger partial charge in [0, 0.05) is 0 Å². The third kappa shape index (κ3) is 3.67. The molecule has 5 N–H and O–H groups in total. The highest BCUT2D eigenvalue weighted by atomic mass is 19.4. The van der Waals surface area contributed by atoms with Crippen molar-refractivity contribution in [2.24, 2.45) is 10.9 Å². The van der Waals surface area contributed by atoms with Crippen molar-refractivity contribution in [2.45, 2.75) is 37.4 Å². The van der Waals surface area contributed by atoms with Gasteiger partial charge in [-0.2, -0.15) is 13.2 Å². The molecule has 104 valence electrons. The average Bonchev–Trinajstić information content (AvgIpc) is 2.74. The zero-order valence-corrected chi connectivity index (χ0v) is 9.55. The maximum Gasteiger partial charge on any atom is 0.405 e. The molecule has 0 radical (unpaired) electrons. The first-order valence-electron chi connectivity index (χ1n) is 5.40. The number of nitrogens with one attached hydrogen (secondary N) is 2. The number of hydrogen-bond acceptors (Lipinski definition) is 3. The van der Waals surface area contributed by atoms with Gasteiger partial charge < -0.3 is 21.6 Å². The lowest BCUT2D eigenvalue weighted by molar-refractivity contribution is -0.122. The summed E-state index contributed by atoms with van der Waals surface area (Å²) in [5.74, 6) is -0.192. The lowest BCUT2D eigenvalue weighted by Gasteiger charge is -2.28. The van der Waals surface area contributed by atoms with E-state index in [-0.39, 0.29) is 5.84 Å². The fraction of sp³-hybridized carbons (Fsp3) is 0.778. The monoisotopic (exact) mass is 268 g/mol. The summed E-state index contributed by atoms with van der Waals surface area (Å²) in [5, 5.41) is 15.5. The summed E-state index contributed by atoms with van der Waals surface area (Å²) in [6.07, 6.45) is -2.12. The Labute approximate surface area is 101 Å². The van der Waals surface area contributed by atoms with E-state index in [9.17, 15) is 18.0 Å². The number of oxime groups is 1. The van der Waals surface area contributed by atoms with Crippen molar-refractivity contribution < 1.29 is 23.2 Å². The third-order valence-corrected chi connectivity index (χ3v) is 2.86. The van der Waals surface area contributed by atoms with E-state index >= 15 is 0 Å². The predicted octanol–water partition coefficient (Wildman–Crippen LogP) is 0.907. The Morgan fingerprint density at radius 1 is 1.39 bits per heavy atom. The van der Waals surface area contributed by atoms with Crippen LogP contribution in [0.25, 0.3) is 0 Å². The van der Waals surface area contributed by atoms with Crippen LogP contribution in [0, 0.1) is 0 Å². The van der Waals surface area contributed by atoms with Crippen molar-refractivity contribution in [1.82, 2.24) is 10.6 Å². The van der Waals surface area contributed by atoms with Gasteiger partial charge >= 0.3 is 12.2 Å². The van der Waals surface area contributed by atoms with E-state index in [1.165, 1.54) is 0 Å². The first-order chi connectivity index (χ1) is 8.29. The van der Waals surface area contributed by atoms with Gasteiger partial charge in [-0.1, -0.05) is 18.0 Å². The molecule has 0 aromatic rings. The Hall–Kier alpha value is -1.67. The molecule has 1 rings (SSSR count). The highest BCUT2D eigenvalue weighted by molar-refractivity contribution is 5.93. The van der Waals surface area contributed by atoms with E-state index in [0.29, 0.717) is 12.8 Å². The minimum absolute atomic E-state index is 0.192. The molecule has 0 spiro atoms. The summed E-state index contributed by atoms with van der Waals surface area (Å²) < 4.78 is 35.8. The predicted molar refractivity (Wildman–Crippen MR) is 57.2 cm³/mol. The van der Waals surface area contributed by atoms with E-state index in [1.54, 1.807) is 5.32 Å². The van der Waals surface area contributed by atoms with Crippen LogP contribution in [0.3, 0.4) is 0 Å². The van der Waals surface area contributed by atoms with Crippen LogP contribution >= 0.6 is 0 Å². The molecule has 1 aliphatic rings. The van der Waals surface area contributed by atoms with Crippen LogP contribution in [-0.2, 0) is 0 Å². The van der Waals surface area contributed by atoms with Gasteiger partial charge in [0.25, 0.3) is 0 Å². The summed E-state index contributed by atoms with van der Waals surface area (Å²) >= 11 is 0. The molecule has 0 aliphatic heterocycles. The van der Waals surface area contributed by atoms with Crippen molar-refractivity contribution in [3.05, 3.63) is 0 Å². The van der Waals surface area contributed by atoms with Crippen molar-refractivity contribution in [3.8, 4) is 0 Å². The average molecular weight is 268 g/mol. The second-order valence-electron chi connectivity index (χ2n) is 4.20. The number of hydrogen-bond donors (Lipinski definition) is 4. The fourth-order valence-electron chi connectivity index (χ4n) is 1.96. The Balaban J connectivity index is 2.60. The van der Waals surface area contributed by atoms with Crippen LogP contribution in [-0.4, -0.2) is 35.3 Å². The minimum atomic E-state index is -4.48. The topological polar surface area (TPSA) is 99.7 Å². The second kappa shape index (κ2) is 5.32. The lowest BCUT2D eigenvalue weighted by Crippen LogP contribution is -2.58. The lowest BCUT2D eigenvalue weighted by atomic mass is 9.96. The summed E-state index contributed by atoms with van der Waals surface area (Å²) in [5.41, 5.74) is 4.43. The van der Waals surface area contributed by atoms with Crippen LogP contribution in [0.1, 0.15) is 25.7 Å². The quantitative estimate of drug-likeness (QED) is 0.265. The highest BCUT2D eigenvalue weighted by Crippen LogP contribution is 2.29. The second-order valence-corrected chi connectivity index (χ2v) is 4.20. The summed E-state index contributed by atoms with van der Waals surface area (Å²) in [4.78, 5) is 11.4. The minimum Gasteiger partial charge on any atom is -0.409 e. The highest BCUT2D eigenvalue weighted by Gasteiger charge is 2.40. The molecule has 0 atom stereocenters. The Morgan fingerprint density at radius 2 is 1.94 bits per heavy atom. The maximum atomic E-state index is 11.9. The maximum absolute atomic E-state index is 11.9. The summed E-state index contributed by atoms with van der Waals surface area (Å²) in [6.45, 7) is -1.43.